The first-order valence-electron chi connectivity index (χ1n) is 8.49. The number of likely N-dealkylation sites (tertiary alicyclic amines) is 1. The number of hydrogen-bond acceptors (Lipinski definition) is 5. The monoisotopic (exact) mass is 342 g/mol. The van der Waals surface area contributed by atoms with Crippen molar-refractivity contribution in [1.29, 1.82) is 0 Å². The summed E-state index contributed by atoms with van der Waals surface area (Å²) in [6, 6.07) is 5.11. The van der Waals surface area contributed by atoms with Gasteiger partial charge in [0, 0.05) is 19.3 Å². The number of pyridine rings is 1. The number of nitrogens with one attached hydrogen (secondary N) is 1. The summed E-state index contributed by atoms with van der Waals surface area (Å²) in [5, 5.41) is 2.70. The lowest BCUT2D eigenvalue weighted by molar-refractivity contribution is 0.0690. The predicted octanol–water partition coefficient (Wildman–Crippen LogP) is 2.18. The Labute approximate surface area is 146 Å². The van der Waals surface area contributed by atoms with E-state index >= 15 is 0 Å². The molecule has 2 amide bonds. The Balaban J connectivity index is 1.62. The Kier molecular flexibility index (Phi) is 5.11. The average Bonchev–Trinajstić information content (AvgIpc) is 3.01. The molecule has 3 rings (SSSR count). The second-order valence-electron chi connectivity index (χ2n) is 6.38. The van der Waals surface area contributed by atoms with Crippen molar-refractivity contribution in [3.63, 3.8) is 0 Å². The van der Waals surface area contributed by atoms with Crippen LogP contribution in [0, 0.1) is 12.8 Å². The molecule has 0 unspecified atom stereocenters. The standard InChI is InChI=1S/C18H22N4O3/c1-12-6-9-22(10-7-12)18(24)16-13(2)25-15(21-16)11-20-17(23)14-5-3-4-8-19-14/h3-5,8,12H,6-7,9-11H2,1-2H3,(H,20,23). The third-order valence-corrected chi connectivity index (χ3v) is 4.41. The number of rotatable bonds is 4. The highest BCUT2D eigenvalue weighted by atomic mass is 16.4. The fourth-order valence-corrected chi connectivity index (χ4v) is 2.83. The molecule has 0 spiro atoms. The highest BCUT2D eigenvalue weighted by molar-refractivity contribution is 5.93. The molecule has 25 heavy (non-hydrogen) atoms. The normalized spacial score (nSPS) is 15.2. The number of aromatic nitrogens is 2. The van der Waals surface area contributed by atoms with Crippen LogP contribution in [0.4, 0.5) is 0 Å². The van der Waals surface area contributed by atoms with Crippen LogP contribution in [-0.4, -0.2) is 39.8 Å². The molecule has 1 fully saturated rings. The van der Waals surface area contributed by atoms with Crippen molar-refractivity contribution in [3.8, 4) is 0 Å². The van der Waals surface area contributed by atoms with E-state index in [1.807, 2.05) is 4.90 Å². The van der Waals surface area contributed by atoms with Crippen molar-refractivity contribution in [3.05, 3.63) is 47.4 Å². The molecule has 0 aromatic carbocycles. The molecular formula is C18H22N4O3. The third kappa shape index (κ3) is 4.04. The van der Waals surface area contributed by atoms with E-state index in [1.165, 1.54) is 0 Å². The van der Waals surface area contributed by atoms with Crippen LogP contribution in [0.1, 0.15) is 52.4 Å². The van der Waals surface area contributed by atoms with Gasteiger partial charge in [-0.05, 0) is 37.8 Å². The number of piperidine rings is 1. The van der Waals surface area contributed by atoms with E-state index in [0.29, 0.717) is 29.0 Å². The number of nitrogens with zero attached hydrogens (tertiary/aromatic N) is 3. The number of carbonyl (C=O) groups is 2. The van der Waals surface area contributed by atoms with Crippen LogP contribution < -0.4 is 5.32 Å². The van der Waals surface area contributed by atoms with Crippen molar-refractivity contribution in [2.75, 3.05) is 13.1 Å². The van der Waals surface area contributed by atoms with Gasteiger partial charge in [-0.3, -0.25) is 14.6 Å². The Hall–Kier alpha value is -2.70. The van der Waals surface area contributed by atoms with Crippen molar-refractivity contribution in [2.45, 2.75) is 33.2 Å². The molecule has 2 aromatic rings. The van der Waals surface area contributed by atoms with Crippen molar-refractivity contribution < 1.29 is 14.0 Å². The highest BCUT2D eigenvalue weighted by Gasteiger charge is 2.26. The van der Waals surface area contributed by atoms with Crippen LogP contribution in [-0.2, 0) is 6.54 Å². The van der Waals surface area contributed by atoms with Gasteiger partial charge < -0.3 is 14.6 Å². The maximum absolute atomic E-state index is 12.6. The minimum Gasteiger partial charge on any atom is -0.443 e. The number of oxazole rings is 1. The first-order chi connectivity index (χ1) is 12.0. The van der Waals surface area contributed by atoms with Gasteiger partial charge in [0.05, 0.1) is 6.54 Å². The zero-order valence-corrected chi connectivity index (χ0v) is 14.5. The van der Waals surface area contributed by atoms with Gasteiger partial charge in [0.2, 0.25) is 5.89 Å². The topological polar surface area (TPSA) is 88.3 Å². The zero-order chi connectivity index (χ0) is 17.8. The van der Waals surface area contributed by atoms with Gasteiger partial charge in [-0.2, -0.15) is 0 Å². The second-order valence-corrected chi connectivity index (χ2v) is 6.38. The Bertz CT molecular complexity index is 749. The first kappa shape index (κ1) is 17.1. The molecular weight excluding hydrogens is 320 g/mol. The number of aryl methyl sites for hydroxylation is 1. The van der Waals surface area contributed by atoms with E-state index in [-0.39, 0.29) is 18.4 Å². The lowest BCUT2D eigenvalue weighted by Crippen LogP contribution is -2.38. The highest BCUT2D eigenvalue weighted by Crippen LogP contribution is 2.19. The van der Waals surface area contributed by atoms with Crippen LogP contribution in [0.3, 0.4) is 0 Å². The minimum absolute atomic E-state index is 0.101. The fraction of sp³-hybridized carbons (Fsp3) is 0.444. The van der Waals surface area contributed by atoms with E-state index in [2.05, 4.69) is 22.2 Å². The van der Waals surface area contributed by atoms with Crippen molar-refractivity contribution >= 4 is 11.8 Å². The molecule has 7 heteroatoms. The number of hydrogen-bond donors (Lipinski definition) is 1. The molecule has 1 aliphatic heterocycles. The Morgan fingerprint density at radius 2 is 2.08 bits per heavy atom. The quantitative estimate of drug-likeness (QED) is 0.920. The first-order valence-corrected chi connectivity index (χ1v) is 8.49. The average molecular weight is 342 g/mol. The maximum Gasteiger partial charge on any atom is 0.276 e. The van der Waals surface area contributed by atoms with Crippen LogP contribution in [0.25, 0.3) is 0 Å². The molecule has 1 N–H and O–H groups in total. The van der Waals surface area contributed by atoms with Gasteiger partial charge >= 0.3 is 0 Å². The molecule has 0 aliphatic carbocycles. The molecule has 0 saturated carbocycles. The zero-order valence-electron chi connectivity index (χ0n) is 14.5. The van der Waals surface area contributed by atoms with Crippen LogP contribution in [0.15, 0.2) is 28.8 Å². The molecule has 2 aromatic heterocycles. The van der Waals surface area contributed by atoms with Gasteiger partial charge in [0.1, 0.15) is 11.5 Å². The number of carbonyl (C=O) groups excluding carboxylic acids is 2. The predicted molar refractivity (Wildman–Crippen MR) is 90.9 cm³/mol. The molecule has 0 atom stereocenters. The summed E-state index contributed by atoms with van der Waals surface area (Å²) < 4.78 is 5.54. The fourth-order valence-electron chi connectivity index (χ4n) is 2.83. The summed E-state index contributed by atoms with van der Waals surface area (Å²) in [5.74, 6) is 1.03. The SMILES string of the molecule is Cc1oc(CNC(=O)c2ccccn2)nc1C(=O)N1CCC(C)CC1. The molecule has 0 radical (unpaired) electrons. The van der Waals surface area contributed by atoms with Crippen LogP contribution >= 0.6 is 0 Å². The molecule has 3 heterocycles. The van der Waals surface area contributed by atoms with Crippen molar-refractivity contribution in [1.82, 2.24) is 20.2 Å². The smallest absolute Gasteiger partial charge is 0.276 e. The van der Waals surface area contributed by atoms with Gasteiger partial charge in [-0.15, -0.1) is 0 Å². The van der Waals surface area contributed by atoms with Gasteiger partial charge in [-0.25, -0.2) is 4.98 Å². The van der Waals surface area contributed by atoms with Crippen LogP contribution in [0.5, 0.6) is 0 Å². The molecule has 7 nitrogen and oxygen atoms in total. The summed E-state index contributed by atoms with van der Waals surface area (Å²) in [6.45, 7) is 5.53. The largest absolute Gasteiger partial charge is 0.443 e. The Morgan fingerprint density at radius 1 is 1.32 bits per heavy atom. The van der Waals surface area contributed by atoms with Crippen molar-refractivity contribution in [2.24, 2.45) is 5.92 Å². The summed E-state index contributed by atoms with van der Waals surface area (Å²) in [7, 11) is 0. The third-order valence-electron chi connectivity index (χ3n) is 4.41. The lowest BCUT2D eigenvalue weighted by atomic mass is 9.99. The summed E-state index contributed by atoms with van der Waals surface area (Å²) in [4.78, 5) is 34.7. The van der Waals surface area contributed by atoms with Gasteiger partial charge in [0.15, 0.2) is 5.69 Å². The molecule has 1 aliphatic rings. The lowest BCUT2D eigenvalue weighted by Gasteiger charge is -2.29. The summed E-state index contributed by atoms with van der Waals surface area (Å²) in [5.41, 5.74) is 0.654. The van der Waals surface area contributed by atoms with E-state index in [9.17, 15) is 9.59 Å². The maximum atomic E-state index is 12.6. The summed E-state index contributed by atoms with van der Waals surface area (Å²) in [6.07, 6.45) is 3.58. The molecule has 1 saturated heterocycles. The second kappa shape index (κ2) is 7.46. The van der Waals surface area contributed by atoms with E-state index in [1.54, 1.807) is 31.3 Å². The van der Waals surface area contributed by atoms with Gasteiger partial charge in [0.25, 0.3) is 11.8 Å². The van der Waals surface area contributed by atoms with E-state index < -0.39 is 0 Å². The minimum atomic E-state index is -0.311. The van der Waals surface area contributed by atoms with E-state index in [0.717, 1.165) is 25.9 Å². The number of amides is 2. The molecule has 0 bridgehead atoms. The van der Waals surface area contributed by atoms with Crippen LogP contribution in [0.2, 0.25) is 0 Å². The van der Waals surface area contributed by atoms with Gasteiger partial charge in [-0.1, -0.05) is 13.0 Å². The summed E-state index contributed by atoms with van der Waals surface area (Å²) >= 11 is 0. The molecule has 132 valence electrons. The Morgan fingerprint density at radius 3 is 2.76 bits per heavy atom. The van der Waals surface area contributed by atoms with E-state index in [4.69, 9.17) is 4.42 Å².